The Morgan fingerprint density at radius 2 is 1.75 bits per heavy atom. The summed E-state index contributed by atoms with van der Waals surface area (Å²) in [6.07, 6.45) is -1.20. The van der Waals surface area contributed by atoms with E-state index in [1.807, 2.05) is 30.3 Å². The predicted octanol–water partition coefficient (Wildman–Crippen LogP) is 2.86. The maximum atomic E-state index is 12.2. The van der Waals surface area contributed by atoms with Gasteiger partial charge in [0.2, 0.25) is 0 Å². The maximum Gasteiger partial charge on any atom is 0.410 e. The molecule has 0 radical (unpaired) electrons. The summed E-state index contributed by atoms with van der Waals surface area (Å²) in [5.74, 6) is -0.449. The summed E-state index contributed by atoms with van der Waals surface area (Å²) >= 11 is 0. The first-order chi connectivity index (χ1) is 13.1. The highest BCUT2D eigenvalue weighted by molar-refractivity contribution is 5.77. The van der Waals surface area contributed by atoms with E-state index in [1.165, 1.54) is 4.90 Å². The first-order valence-electron chi connectivity index (χ1n) is 9.25. The van der Waals surface area contributed by atoms with Crippen molar-refractivity contribution in [2.24, 2.45) is 0 Å². The summed E-state index contributed by atoms with van der Waals surface area (Å²) in [5, 5.41) is 2.73. The molecule has 2 rings (SSSR count). The van der Waals surface area contributed by atoms with E-state index < -0.39 is 29.3 Å². The lowest BCUT2D eigenvalue weighted by molar-refractivity contribution is -0.146. The Kier molecular flexibility index (Phi) is 6.88. The Morgan fingerprint density at radius 1 is 1.11 bits per heavy atom. The van der Waals surface area contributed by atoms with Crippen LogP contribution in [0.3, 0.4) is 0 Å². The Morgan fingerprint density at radius 3 is 2.32 bits per heavy atom. The fourth-order valence-electron chi connectivity index (χ4n) is 2.84. The van der Waals surface area contributed by atoms with Crippen LogP contribution in [0.1, 0.15) is 39.7 Å². The van der Waals surface area contributed by atoms with Gasteiger partial charge in [0.15, 0.2) is 0 Å². The molecule has 0 saturated carbocycles. The molecule has 0 aromatic heterocycles. The standard InChI is InChI=1S/C20H28N2O6/c1-5-26-16(23)11-20(13-22(14-20)18(25)28-19(2,3)4)21-17(24)27-12-15-9-7-6-8-10-15/h6-10H,5,11-14H2,1-4H3,(H,21,24). The molecule has 1 saturated heterocycles. The van der Waals surface area contributed by atoms with E-state index in [0.29, 0.717) is 0 Å². The quantitative estimate of drug-likeness (QED) is 0.591. The van der Waals surface area contributed by atoms with E-state index >= 15 is 0 Å². The van der Waals surface area contributed by atoms with Crippen LogP contribution in [-0.2, 0) is 25.6 Å². The monoisotopic (exact) mass is 392 g/mol. The largest absolute Gasteiger partial charge is 0.466 e. The van der Waals surface area contributed by atoms with Crippen molar-refractivity contribution in [2.45, 2.75) is 51.9 Å². The van der Waals surface area contributed by atoms with Crippen molar-refractivity contribution in [1.29, 1.82) is 0 Å². The molecule has 0 atom stereocenters. The van der Waals surface area contributed by atoms with E-state index in [4.69, 9.17) is 14.2 Å². The molecule has 1 aromatic rings. The van der Waals surface area contributed by atoms with Crippen LogP contribution < -0.4 is 5.32 Å². The molecule has 1 aliphatic heterocycles. The molecule has 8 nitrogen and oxygen atoms in total. The number of carbonyl (C=O) groups excluding carboxylic acids is 3. The molecule has 1 aromatic carbocycles. The lowest BCUT2D eigenvalue weighted by Crippen LogP contribution is -2.72. The Labute approximate surface area is 165 Å². The van der Waals surface area contributed by atoms with Crippen molar-refractivity contribution in [2.75, 3.05) is 19.7 Å². The Balaban J connectivity index is 1.95. The van der Waals surface area contributed by atoms with E-state index in [1.54, 1.807) is 27.7 Å². The average Bonchev–Trinajstić information content (AvgIpc) is 2.57. The molecule has 2 amide bonds. The van der Waals surface area contributed by atoms with Gasteiger partial charge >= 0.3 is 18.2 Å². The van der Waals surface area contributed by atoms with E-state index in [-0.39, 0.29) is 32.7 Å². The smallest absolute Gasteiger partial charge is 0.410 e. The fraction of sp³-hybridized carbons (Fsp3) is 0.550. The van der Waals surface area contributed by atoms with Crippen LogP contribution in [0.15, 0.2) is 30.3 Å². The van der Waals surface area contributed by atoms with Gasteiger partial charge in [-0.2, -0.15) is 0 Å². The van der Waals surface area contributed by atoms with Gasteiger partial charge in [-0.15, -0.1) is 0 Å². The van der Waals surface area contributed by atoms with Gasteiger partial charge in [-0.1, -0.05) is 30.3 Å². The highest BCUT2D eigenvalue weighted by Crippen LogP contribution is 2.27. The number of rotatable bonds is 6. The topological polar surface area (TPSA) is 94.2 Å². The van der Waals surface area contributed by atoms with Crippen LogP contribution in [-0.4, -0.2) is 53.9 Å². The average molecular weight is 392 g/mol. The minimum atomic E-state index is -0.934. The molecule has 28 heavy (non-hydrogen) atoms. The molecule has 1 heterocycles. The highest BCUT2D eigenvalue weighted by atomic mass is 16.6. The predicted molar refractivity (Wildman–Crippen MR) is 102 cm³/mol. The van der Waals surface area contributed by atoms with Gasteiger partial charge in [0.1, 0.15) is 12.2 Å². The van der Waals surface area contributed by atoms with Gasteiger partial charge in [-0.05, 0) is 33.3 Å². The zero-order chi connectivity index (χ0) is 20.8. The number of nitrogens with one attached hydrogen (secondary N) is 1. The van der Waals surface area contributed by atoms with Crippen molar-refractivity contribution in [1.82, 2.24) is 10.2 Å². The minimum Gasteiger partial charge on any atom is -0.466 e. The maximum absolute atomic E-state index is 12.2. The number of hydrogen-bond acceptors (Lipinski definition) is 6. The molecule has 154 valence electrons. The third kappa shape index (κ3) is 6.44. The molecule has 0 spiro atoms. The second-order valence-corrected chi connectivity index (χ2v) is 7.79. The van der Waals surface area contributed by atoms with Crippen molar-refractivity contribution >= 4 is 18.2 Å². The van der Waals surface area contributed by atoms with Crippen LogP contribution in [0.2, 0.25) is 0 Å². The molecular formula is C20H28N2O6. The van der Waals surface area contributed by atoms with Gasteiger partial charge in [0, 0.05) is 13.1 Å². The first kappa shape index (κ1) is 21.5. The molecule has 1 fully saturated rings. The van der Waals surface area contributed by atoms with Crippen molar-refractivity contribution in [3.05, 3.63) is 35.9 Å². The zero-order valence-electron chi connectivity index (χ0n) is 16.8. The fourth-order valence-corrected chi connectivity index (χ4v) is 2.84. The summed E-state index contributed by atoms with van der Waals surface area (Å²) in [6, 6.07) is 9.26. The molecular weight excluding hydrogens is 364 g/mol. The van der Waals surface area contributed by atoms with Crippen molar-refractivity contribution in [3.8, 4) is 0 Å². The number of carbonyl (C=O) groups is 3. The number of alkyl carbamates (subject to hydrolysis) is 1. The van der Waals surface area contributed by atoms with Gasteiger partial charge in [-0.25, -0.2) is 9.59 Å². The molecule has 1 aliphatic rings. The lowest BCUT2D eigenvalue weighted by atomic mass is 9.86. The molecule has 0 unspecified atom stereocenters. The molecule has 1 N–H and O–H groups in total. The summed E-state index contributed by atoms with van der Waals surface area (Å²) in [6.45, 7) is 7.66. The minimum absolute atomic E-state index is 0.0550. The SMILES string of the molecule is CCOC(=O)CC1(NC(=O)OCc2ccccc2)CN(C(=O)OC(C)(C)C)C1. The number of benzene rings is 1. The zero-order valence-corrected chi connectivity index (χ0v) is 16.8. The number of esters is 1. The lowest BCUT2D eigenvalue weighted by Gasteiger charge is -2.49. The number of likely N-dealkylation sites (tertiary alicyclic amines) is 1. The summed E-state index contributed by atoms with van der Waals surface area (Å²) in [4.78, 5) is 37.8. The Hall–Kier alpha value is -2.77. The Bertz CT molecular complexity index is 692. The first-order valence-corrected chi connectivity index (χ1v) is 9.25. The van der Waals surface area contributed by atoms with E-state index in [0.717, 1.165) is 5.56 Å². The van der Waals surface area contributed by atoms with Gasteiger partial charge in [0.05, 0.1) is 18.6 Å². The van der Waals surface area contributed by atoms with Gasteiger partial charge < -0.3 is 24.4 Å². The normalized spacial score (nSPS) is 15.2. The number of ether oxygens (including phenoxy) is 3. The highest BCUT2D eigenvalue weighted by Gasteiger charge is 2.49. The second-order valence-electron chi connectivity index (χ2n) is 7.79. The van der Waals surface area contributed by atoms with Crippen molar-refractivity contribution in [3.63, 3.8) is 0 Å². The van der Waals surface area contributed by atoms with Crippen LogP contribution in [0.5, 0.6) is 0 Å². The third-order valence-electron chi connectivity index (χ3n) is 4.01. The van der Waals surface area contributed by atoms with Gasteiger partial charge in [-0.3, -0.25) is 4.79 Å². The summed E-state index contributed by atoms with van der Waals surface area (Å²) in [7, 11) is 0. The third-order valence-corrected chi connectivity index (χ3v) is 4.01. The molecule has 0 bridgehead atoms. The number of amides is 2. The second kappa shape index (κ2) is 8.95. The molecule has 8 heteroatoms. The van der Waals surface area contributed by atoms with Crippen molar-refractivity contribution < 1.29 is 28.6 Å². The number of nitrogens with zero attached hydrogens (tertiary/aromatic N) is 1. The van der Waals surface area contributed by atoms with Crippen LogP contribution >= 0.6 is 0 Å². The number of hydrogen-bond donors (Lipinski definition) is 1. The van der Waals surface area contributed by atoms with E-state index in [2.05, 4.69) is 5.32 Å². The van der Waals surface area contributed by atoms with Crippen LogP contribution in [0.4, 0.5) is 9.59 Å². The van der Waals surface area contributed by atoms with Gasteiger partial charge in [0.25, 0.3) is 0 Å². The summed E-state index contributed by atoms with van der Waals surface area (Å²) < 4.78 is 15.6. The van der Waals surface area contributed by atoms with E-state index in [9.17, 15) is 14.4 Å². The van der Waals surface area contributed by atoms with Crippen LogP contribution in [0, 0.1) is 0 Å². The van der Waals surface area contributed by atoms with Crippen LogP contribution in [0.25, 0.3) is 0 Å². The summed E-state index contributed by atoms with van der Waals surface area (Å²) in [5.41, 5.74) is -0.712. The molecule has 0 aliphatic carbocycles.